The maximum atomic E-state index is 14.3. The number of fused-ring (bicyclic) bond motifs is 1. The fraction of sp³-hybridized carbons (Fsp3) is 0.300. The zero-order chi connectivity index (χ0) is 19.0. The van der Waals surface area contributed by atoms with Gasteiger partial charge in [-0.1, -0.05) is 0 Å². The molecule has 0 aliphatic carbocycles. The SMILES string of the molecule is CCOC(=O)c1cnn2ccc(N3CCC[C@@H]3c3cc(F)ccc3F)cc12. The highest BCUT2D eigenvalue weighted by Gasteiger charge is 2.29. The Hall–Kier alpha value is -2.96. The number of halogens is 2. The monoisotopic (exact) mass is 371 g/mol. The van der Waals surface area contributed by atoms with Crippen LogP contribution in [0.5, 0.6) is 0 Å². The third-order valence-electron chi connectivity index (χ3n) is 4.90. The molecule has 27 heavy (non-hydrogen) atoms. The van der Waals surface area contributed by atoms with E-state index in [4.69, 9.17) is 4.74 Å². The van der Waals surface area contributed by atoms with E-state index >= 15 is 0 Å². The summed E-state index contributed by atoms with van der Waals surface area (Å²) >= 11 is 0. The molecule has 4 rings (SSSR count). The number of pyridine rings is 1. The lowest BCUT2D eigenvalue weighted by atomic mass is 10.0. The van der Waals surface area contributed by atoms with Crippen LogP contribution >= 0.6 is 0 Å². The normalized spacial score (nSPS) is 16.9. The van der Waals surface area contributed by atoms with E-state index in [-0.39, 0.29) is 12.6 Å². The molecule has 3 aromatic rings. The van der Waals surface area contributed by atoms with Crippen LogP contribution < -0.4 is 4.90 Å². The number of anilines is 1. The quantitative estimate of drug-likeness (QED) is 0.647. The predicted molar refractivity (Wildman–Crippen MR) is 96.8 cm³/mol. The first kappa shape index (κ1) is 17.5. The zero-order valence-electron chi connectivity index (χ0n) is 14.9. The van der Waals surface area contributed by atoms with Crippen LogP contribution in [0.3, 0.4) is 0 Å². The fourth-order valence-corrected chi connectivity index (χ4v) is 3.68. The Kier molecular flexibility index (Phi) is 4.51. The lowest BCUT2D eigenvalue weighted by Gasteiger charge is -2.27. The zero-order valence-corrected chi connectivity index (χ0v) is 14.9. The van der Waals surface area contributed by atoms with Gasteiger partial charge >= 0.3 is 5.97 Å². The summed E-state index contributed by atoms with van der Waals surface area (Å²) in [5, 5.41) is 4.18. The molecule has 5 nitrogen and oxygen atoms in total. The number of rotatable bonds is 4. The molecule has 3 heterocycles. The van der Waals surface area contributed by atoms with Crippen molar-refractivity contribution in [1.29, 1.82) is 0 Å². The summed E-state index contributed by atoms with van der Waals surface area (Å²) in [6.45, 7) is 2.75. The molecular formula is C20H19F2N3O2. The van der Waals surface area contributed by atoms with Crippen LogP contribution in [0.1, 0.15) is 41.7 Å². The van der Waals surface area contributed by atoms with E-state index < -0.39 is 17.6 Å². The minimum absolute atomic E-state index is 0.253. The van der Waals surface area contributed by atoms with Gasteiger partial charge in [0.1, 0.15) is 17.2 Å². The van der Waals surface area contributed by atoms with E-state index in [2.05, 4.69) is 5.10 Å². The van der Waals surface area contributed by atoms with Gasteiger partial charge in [0.25, 0.3) is 0 Å². The maximum Gasteiger partial charge on any atom is 0.341 e. The van der Waals surface area contributed by atoms with E-state index in [1.165, 1.54) is 18.3 Å². The Balaban J connectivity index is 1.73. The van der Waals surface area contributed by atoms with Gasteiger partial charge < -0.3 is 9.64 Å². The molecule has 0 spiro atoms. The number of ether oxygens (including phenoxy) is 1. The number of benzene rings is 1. The number of aromatic nitrogens is 2. The summed E-state index contributed by atoms with van der Waals surface area (Å²) in [6, 6.07) is 7.01. The standard InChI is InChI=1S/C20H19F2N3O2/c1-2-27-20(26)16-12-23-25-9-7-14(11-19(16)25)24-8-3-4-18(24)15-10-13(21)5-6-17(15)22/h5-7,9-12,18H,2-4,8H2,1H3/t18-/m1/s1. The third-order valence-corrected chi connectivity index (χ3v) is 4.90. The highest BCUT2D eigenvalue weighted by atomic mass is 19.1. The minimum Gasteiger partial charge on any atom is -0.462 e. The van der Waals surface area contributed by atoms with Crippen LogP contribution in [-0.2, 0) is 4.74 Å². The van der Waals surface area contributed by atoms with Gasteiger partial charge in [0.05, 0.1) is 24.4 Å². The molecule has 1 atom stereocenters. The number of hydrogen-bond donors (Lipinski definition) is 0. The molecule has 0 radical (unpaired) electrons. The van der Waals surface area contributed by atoms with Crippen molar-refractivity contribution in [2.45, 2.75) is 25.8 Å². The first-order valence-corrected chi connectivity index (χ1v) is 8.94. The van der Waals surface area contributed by atoms with Gasteiger partial charge in [0.15, 0.2) is 0 Å². The highest BCUT2D eigenvalue weighted by Crippen LogP contribution is 2.38. The molecule has 2 aromatic heterocycles. The Labute approximate surface area is 155 Å². The van der Waals surface area contributed by atoms with Crippen molar-refractivity contribution in [2.24, 2.45) is 0 Å². The summed E-state index contributed by atoms with van der Waals surface area (Å²) in [7, 11) is 0. The summed E-state index contributed by atoms with van der Waals surface area (Å²) in [5.74, 6) is -1.29. The lowest BCUT2D eigenvalue weighted by Crippen LogP contribution is -2.23. The van der Waals surface area contributed by atoms with Crippen molar-refractivity contribution in [3.8, 4) is 0 Å². The molecule has 140 valence electrons. The van der Waals surface area contributed by atoms with E-state index in [9.17, 15) is 13.6 Å². The van der Waals surface area contributed by atoms with Crippen LogP contribution in [0, 0.1) is 11.6 Å². The van der Waals surface area contributed by atoms with Crippen molar-refractivity contribution in [2.75, 3.05) is 18.1 Å². The van der Waals surface area contributed by atoms with Crippen molar-refractivity contribution < 1.29 is 18.3 Å². The Morgan fingerprint density at radius 2 is 2.15 bits per heavy atom. The van der Waals surface area contributed by atoms with Gasteiger partial charge in [-0.15, -0.1) is 0 Å². The van der Waals surface area contributed by atoms with Gasteiger partial charge in [-0.25, -0.2) is 18.1 Å². The molecule has 0 amide bonds. The van der Waals surface area contributed by atoms with E-state index in [1.807, 2.05) is 17.0 Å². The molecular weight excluding hydrogens is 352 g/mol. The number of carbonyl (C=O) groups excluding carboxylic acids is 1. The predicted octanol–water partition coefficient (Wildman–Crippen LogP) is 4.13. The summed E-state index contributed by atoms with van der Waals surface area (Å²) in [6.07, 6.45) is 4.83. The summed E-state index contributed by atoms with van der Waals surface area (Å²) < 4.78 is 34.6. The van der Waals surface area contributed by atoms with Crippen molar-refractivity contribution in [1.82, 2.24) is 9.61 Å². The van der Waals surface area contributed by atoms with Gasteiger partial charge in [-0.3, -0.25) is 0 Å². The molecule has 7 heteroatoms. The fourth-order valence-electron chi connectivity index (χ4n) is 3.68. The van der Waals surface area contributed by atoms with Crippen molar-refractivity contribution >= 4 is 17.2 Å². The van der Waals surface area contributed by atoms with Crippen molar-refractivity contribution in [3.05, 3.63) is 65.5 Å². The van der Waals surface area contributed by atoms with Crippen molar-refractivity contribution in [3.63, 3.8) is 0 Å². The molecule has 1 saturated heterocycles. The van der Waals surface area contributed by atoms with E-state index in [0.29, 0.717) is 16.6 Å². The Morgan fingerprint density at radius 3 is 2.96 bits per heavy atom. The van der Waals surface area contributed by atoms with Crippen LogP contribution in [0.2, 0.25) is 0 Å². The van der Waals surface area contributed by atoms with Gasteiger partial charge in [0, 0.05) is 24.0 Å². The molecule has 1 aliphatic heterocycles. The Morgan fingerprint density at radius 1 is 1.30 bits per heavy atom. The first-order chi connectivity index (χ1) is 13.1. The molecule has 1 aromatic carbocycles. The molecule has 0 bridgehead atoms. The third kappa shape index (κ3) is 3.13. The number of esters is 1. The molecule has 1 fully saturated rings. The smallest absolute Gasteiger partial charge is 0.341 e. The highest BCUT2D eigenvalue weighted by molar-refractivity contribution is 5.97. The molecule has 0 N–H and O–H groups in total. The maximum absolute atomic E-state index is 14.3. The minimum atomic E-state index is -0.450. The molecule has 1 aliphatic rings. The second kappa shape index (κ2) is 6.98. The van der Waals surface area contributed by atoms with Crippen LogP contribution in [-0.4, -0.2) is 28.7 Å². The first-order valence-electron chi connectivity index (χ1n) is 8.94. The average molecular weight is 371 g/mol. The van der Waals surface area contributed by atoms with Crippen LogP contribution in [0.4, 0.5) is 14.5 Å². The topological polar surface area (TPSA) is 46.8 Å². The van der Waals surface area contributed by atoms with E-state index in [1.54, 1.807) is 17.6 Å². The lowest BCUT2D eigenvalue weighted by molar-refractivity contribution is 0.0528. The summed E-state index contributed by atoms with van der Waals surface area (Å²) in [5.41, 5.74) is 2.19. The largest absolute Gasteiger partial charge is 0.462 e. The number of hydrogen-bond acceptors (Lipinski definition) is 4. The Bertz CT molecular complexity index is 1000. The van der Waals surface area contributed by atoms with Crippen LogP contribution in [0.25, 0.3) is 5.52 Å². The molecule has 0 saturated carbocycles. The average Bonchev–Trinajstić information content (AvgIpc) is 3.30. The van der Waals surface area contributed by atoms with Gasteiger partial charge in [0.2, 0.25) is 0 Å². The molecule has 0 unspecified atom stereocenters. The van der Waals surface area contributed by atoms with Crippen LogP contribution in [0.15, 0.2) is 42.7 Å². The number of carbonyl (C=O) groups is 1. The summed E-state index contributed by atoms with van der Waals surface area (Å²) in [4.78, 5) is 14.2. The second-order valence-electron chi connectivity index (χ2n) is 6.51. The number of nitrogens with zero attached hydrogens (tertiary/aromatic N) is 3. The second-order valence-corrected chi connectivity index (χ2v) is 6.51. The van der Waals surface area contributed by atoms with Gasteiger partial charge in [-0.05, 0) is 50.1 Å². The van der Waals surface area contributed by atoms with Gasteiger partial charge in [-0.2, -0.15) is 5.10 Å². The van der Waals surface area contributed by atoms with E-state index in [0.717, 1.165) is 31.1 Å².